The van der Waals surface area contributed by atoms with Crippen molar-refractivity contribution in [1.82, 2.24) is 4.90 Å². The molecule has 3 rings (SSSR count). The number of hydrogen-bond donors (Lipinski definition) is 1. The Kier molecular flexibility index (Phi) is 9.29. The molecule has 0 bridgehead atoms. The van der Waals surface area contributed by atoms with Gasteiger partial charge in [-0.05, 0) is 55.9 Å². The van der Waals surface area contributed by atoms with Gasteiger partial charge in [0.25, 0.3) is 5.91 Å². The molecule has 1 aliphatic carbocycles. The Bertz CT molecular complexity index is 764. The lowest BCUT2D eigenvalue weighted by Gasteiger charge is -2.23. The van der Waals surface area contributed by atoms with Crippen LogP contribution in [0.4, 0.5) is 0 Å². The molecule has 0 aromatic heterocycles. The van der Waals surface area contributed by atoms with Crippen LogP contribution in [-0.2, 0) is 6.42 Å². The normalized spacial score (nSPS) is 13.6. The Morgan fingerprint density at radius 3 is 2.45 bits per heavy atom. The van der Waals surface area contributed by atoms with Crippen LogP contribution in [-0.4, -0.2) is 43.7 Å². The van der Waals surface area contributed by atoms with E-state index in [0.29, 0.717) is 36.7 Å². The molecular weight excluding hydrogens is 388 g/mol. The van der Waals surface area contributed by atoms with Crippen LogP contribution < -0.4 is 15.2 Å². The second kappa shape index (κ2) is 11.7. The molecule has 0 atom stereocenters. The summed E-state index contributed by atoms with van der Waals surface area (Å²) in [4.78, 5) is 14.9. The zero-order valence-electron chi connectivity index (χ0n) is 17.0. The highest BCUT2D eigenvalue weighted by molar-refractivity contribution is 5.95. The van der Waals surface area contributed by atoms with Crippen LogP contribution in [0, 0.1) is 0 Å². The summed E-state index contributed by atoms with van der Waals surface area (Å²) in [7, 11) is 1.61. The van der Waals surface area contributed by atoms with Gasteiger partial charge in [0.05, 0.1) is 13.2 Å². The van der Waals surface area contributed by atoms with Gasteiger partial charge in [-0.25, -0.2) is 0 Å². The van der Waals surface area contributed by atoms with Crippen LogP contribution in [0.2, 0.25) is 0 Å². The summed E-state index contributed by atoms with van der Waals surface area (Å²) < 4.78 is 11.6. The Morgan fingerprint density at radius 2 is 1.79 bits per heavy atom. The zero-order chi connectivity index (χ0) is 19.8. The number of nitrogens with two attached hydrogens (primary N) is 1. The fraction of sp³-hybridized carbons (Fsp3) is 0.435. The van der Waals surface area contributed by atoms with Crippen molar-refractivity contribution in [2.75, 3.05) is 26.7 Å². The van der Waals surface area contributed by atoms with Crippen LogP contribution in [0.15, 0.2) is 48.5 Å². The number of benzene rings is 2. The highest BCUT2D eigenvalue weighted by atomic mass is 35.5. The summed E-state index contributed by atoms with van der Waals surface area (Å²) in [5.74, 6) is 1.28. The number of nitrogens with zero attached hydrogens (tertiary/aromatic N) is 1. The van der Waals surface area contributed by atoms with E-state index in [9.17, 15) is 4.79 Å². The van der Waals surface area contributed by atoms with E-state index in [2.05, 4.69) is 12.1 Å². The van der Waals surface area contributed by atoms with Crippen LogP contribution in [0.5, 0.6) is 11.5 Å². The molecule has 29 heavy (non-hydrogen) atoms. The average Bonchev–Trinajstić information content (AvgIpc) is 3.25. The third kappa shape index (κ3) is 6.38. The fourth-order valence-electron chi connectivity index (χ4n) is 3.65. The van der Waals surface area contributed by atoms with Gasteiger partial charge in [-0.15, -0.1) is 12.4 Å². The predicted octanol–water partition coefficient (Wildman–Crippen LogP) is 4.08. The van der Waals surface area contributed by atoms with E-state index >= 15 is 0 Å². The lowest BCUT2D eigenvalue weighted by atomic mass is 10.1. The fourth-order valence-corrected chi connectivity index (χ4v) is 3.65. The van der Waals surface area contributed by atoms with Crippen molar-refractivity contribution in [3.05, 3.63) is 59.7 Å². The Balaban J connectivity index is 0.00000300. The highest BCUT2D eigenvalue weighted by Gasteiger charge is 2.21. The molecule has 158 valence electrons. The molecule has 2 N–H and O–H groups in total. The summed E-state index contributed by atoms with van der Waals surface area (Å²) >= 11 is 0. The predicted molar refractivity (Wildman–Crippen MR) is 118 cm³/mol. The largest absolute Gasteiger partial charge is 0.493 e. The minimum absolute atomic E-state index is 0. The summed E-state index contributed by atoms with van der Waals surface area (Å²) in [6, 6.07) is 15.6. The summed E-state index contributed by atoms with van der Waals surface area (Å²) in [6.07, 6.45) is 5.61. The maximum absolute atomic E-state index is 13.1. The van der Waals surface area contributed by atoms with E-state index in [1.807, 2.05) is 30.3 Å². The molecule has 1 aliphatic rings. The second-order valence-electron chi connectivity index (χ2n) is 7.21. The van der Waals surface area contributed by atoms with E-state index in [1.165, 1.54) is 18.4 Å². The molecule has 1 fully saturated rings. The third-order valence-corrected chi connectivity index (χ3v) is 5.21. The third-order valence-electron chi connectivity index (χ3n) is 5.21. The first kappa shape index (κ1) is 23.0. The van der Waals surface area contributed by atoms with Gasteiger partial charge in [-0.1, -0.05) is 30.3 Å². The van der Waals surface area contributed by atoms with E-state index in [-0.39, 0.29) is 24.4 Å². The van der Waals surface area contributed by atoms with Crippen molar-refractivity contribution < 1.29 is 14.3 Å². The molecule has 2 aromatic rings. The maximum atomic E-state index is 13.1. The number of methoxy groups -OCH3 is 1. The Labute approximate surface area is 179 Å². The van der Waals surface area contributed by atoms with E-state index < -0.39 is 0 Å². The minimum Gasteiger partial charge on any atom is -0.493 e. The lowest BCUT2D eigenvalue weighted by Crippen LogP contribution is -2.37. The van der Waals surface area contributed by atoms with Gasteiger partial charge < -0.3 is 20.1 Å². The Morgan fingerprint density at radius 1 is 1.07 bits per heavy atom. The van der Waals surface area contributed by atoms with Crippen LogP contribution in [0.3, 0.4) is 0 Å². The molecule has 0 unspecified atom stereocenters. The molecule has 6 heteroatoms. The molecule has 0 heterocycles. The summed E-state index contributed by atoms with van der Waals surface area (Å²) in [5.41, 5.74) is 7.55. The Hall–Kier alpha value is -2.24. The zero-order valence-corrected chi connectivity index (χ0v) is 17.8. The monoisotopic (exact) mass is 418 g/mol. The van der Waals surface area contributed by atoms with Crippen molar-refractivity contribution in [3.8, 4) is 11.5 Å². The first-order valence-electron chi connectivity index (χ1n) is 10.1. The number of carbonyl (C=O) groups is 1. The number of carbonyl (C=O) groups excluding carboxylic acids is 1. The van der Waals surface area contributed by atoms with Gasteiger partial charge in [-0.2, -0.15) is 0 Å². The van der Waals surface area contributed by atoms with Gasteiger partial charge in [0, 0.05) is 25.2 Å². The number of halogens is 1. The minimum atomic E-state index is -0.0351. The number of amides is 1. The molecular formula is C23H31ClN2O3. The standard InChI is InChI=1S/C23H30N2O3.ClH/c1-27-22-17-19(11-12-21(22)28-20-9-5-6-10-20)23(26)25(16-14-24)15-13-18-7-3-2-4-8-18;/h2-4,7-8,11-12,17,20H,5-6,9-10,13-16,24H2,1H3;1H. The van der Waals surface area contributed by atoms with Crippen molar-refractivity contribution in [1.29, 1.82) is 0 Å². The number of rotatable bonds is 9. The van der Waals surface area contributed by atoms with Crippen LogP contribution >= 0.6 is 12.4 Å². The molecule has 1 amide bonds. The average molecular weight is 419 g/mol. The first-order chi connectivity index (χ1) is 13.7. The van der Waals surface area contributed by atoms with Crippen molar-refractivity contribution in [2.45, 2.75) is 38.2 Å². The van der Waals surface area contributed by atoms with Crippen LogP contribution in [0.25, 0.3) is 0 Å². The van der Waals surface area contributed by atoms with Gasteiger partial charge >= 0.3 is 0 Å². The number of hydrogen-bond acceptors (Lipinski definition) is 4. The van der Waals surface area contributed by atoms with Gasteiger partial charge in [-0.3, -0.25) is 4.79 Å². The molecule has 2 aromatic carbocycles. The molecule has 0 spiro atoms. The first-order valence-corrected chi connectivity index (χ1v) is 10.1. The van der Waals surface area contributed by atoms with E-state index in [0.717, 1.165) is 19.3 Å². The topological polar surface area (TPSA) is 64.8 Å². The number of ether oxygens (including phenoxy) is 2. The van der Waals surface area contributed by atoms with Crippen molar-refractivity contribution in [2.24, 2.45) is 5.73 Å². The van der Waals surface area contributed by atoms with E-state index in [4.69, 9.17) is 15.2 Å². The molecule has 0 radical (unpaired) electrons. The van der Waals surface area contributed by atoms with E-state index in [1.54, 1.807) is 18.1 Å². The smallest absolute Gasteiger partial charge is 0.254 e. The van der Waals surface area contributed by atoms with Gasteiger partial charge in [0.1, 0.15) is 0 Å². The summed E-state index contributed by atoms with van der Waals surface area (Å²) in [5, 5.41) is 0. The second-order valence-corrected chi connectivity index (χ2v) is 7.21. The van der Waals surface area contributed by atoms with Gasteiger partial charge in [0.2, 0.25) is 0 Å². The molecule has 1 saturated carbocycles. The van der Waals surface area contributed by atoms with Crippen molar-refractivity contribution >= 4 is 18.3 Å². The quantitative estimate of drug-likeness (QED) is 0.666. The maximum Gasteiger partial charge on any atom is 0.254 e. The van der Waals surface area contributed by atoms with Crippen molar-refractivity contribution in [3.63, 3.8) is 0 Å². The molecule has 0 saturated heterocycles. The lowest BCUT2D eigenvalue weighted by molar-refractivity contribution is 0.0761. The summed E-state index contributed by atoms with van der Waals surface area (Å²) in [6.45, 7) is 1.58. The highest BCUT2D eigenvalue weighted by Crippen LogP contribution is 2.32. The molecule has 0 aliphatic heterocycles. The SMILES string of the molecule is COc1cc(C(=O)N(CCN)CCc2ccccc2)ccc1OC1CCCC1.Cl. The van der Waals surface area contributed by atoms with Crippen LogP contribution in [0.1, 0.15) is 41.6 Å². The van der Waals surface area contributed by atoms with Gasteiger partial charge in [0.15, 0.2) is 11.5 Å². The molecule has 5 nitrogen and oxygen atoms in total.